The molecule has 20 heavy (non-hydrogen) atoms. The summed E-state index contributed by atoms with van der Waals surface area (Å²) in [6.45, 7) is 0. The summed E-state index contributed by atoms with van der Waals surface area (Å²) in [7, 11) is 0. The van der Waals surface area contributed by atoms with Crippen LogP contribution in [0.1, 0.15) is 0 Å². The first-order chi connectivity index (χ1) is 9.58. The Morgan fingerprint density at radius 1 is 1.00 bits per heavy atom. The molecule has 0 bridgehead atoms. The summed E-state index contributed by atoms with van der Waals surface area (Å²) in [6.07, 6.45) is 1.46. The predicted molar refractivity (Wildman–Crippen MR) is 73.7 cm³/mol. The number of nitrogens with zero attached hydrogens (tertiary/aromatic N) is 2. The summed E-state index contributed by atoms with van der Waals surface area (Å²) in [5, 5.41) is 0.222. The highest BCUT2D eigenvalue weighted by Crippen LogP contribution is 2.34. The van der Waals surface area contributed by atoms with Crippen molar-refractivity contribution in [2.24, 2.45) is 0 Å². The lowest BCUT2D eigenvalue weighted by Crippen LogP contribution is -2.01. The molecule has 0 atom stereocenters. The summed E-state index contributed by atoms with van der Waals surface area (Å²) < 4.78 is 27.9. The van der Waals surface area contributed by atoms with E-state index in [1.807, 2.05) is 0 Å². The van der Waals surface area contributed by atoms with Crippen molar-refractivity contribution in [3.63, 3.8) is 0 Å². The predicted octanol–water partition coefficient (Wildman–Crippen LogP) is 2.74. The molecule has 0 amide bonds. The Morgan fingerprint density at radius 2 is 1.80 bits per heavy atom. The van der Waals surface area contributed by atoms with E-state index in [9.17, 15) is 8.78 Å². The molecule has 0 spiro atoms. The summed E-state index contributed by atoms with van der Waals surface area (Å²) >= 11 is 0. The first-order valence-corrected chi connectivity index (χ1v) is 5.83. The third-order valence-corrected chi connectivity index (χ3v) is 3.01. The molecule has 4 nitrogen and oxygen atoms in total. The zero-order valence-electron chi connectivity index (χ0n) is 10.3. The van der Waals surface area contributed by atoms with Crippen molar-refractivity contribution in [1.29, 1.82) is 0 Å². The number of benzene rings is 1. The lowest BCUT2D eigenvalue weighted by atomic mass is 10.0. The van der Waals surface area contributed by atoms with Gasteiger partial charge >= 0.3 is 0 Å². The molecule has 4 N–H and O–H groups in total. The SMILES string of the molecule is Nc1ccc(-c2c(F)cc(F)c3cccnc23)c(N)n1. The number of hydrogen-bond donors (Lipinski definition) is 2. The molecular weight excluding hydrogens is 262 g/mol. The second-order valence-electron chi connectivity index (χ2n) is 4.28. The first kappa shape index (κ1) is 12.3. The maximum Gasteiger partial charge on any atom is 0.136 e. The van der Waals surface area contributed by atoms with Crippen LogP contribution < -0.4 is 11.5 Å². The molecule has 3 rings (SSSR count). The fraction of sp³-hybridized carbons (Fsp3) is 0. The number of halogens is 2. The Labute approximate surface area is 113 Å². The number of hydrogen-bond acceptors (Lipinski definition) is 4. The second-order valence-corrected chi connectivity index (χ2v) is 4.28. The monoisotopic (exact) mass is 272 g/mol. The minimum absolute atomic E-state index is 0.0717. The van der Waals surface area contributed by atoms with Crippen molar-refractivity contribution >= 4 is 22.5 Å². The van der Waals surface area contributed by atoms with E-state index in [0.717, 1.165) is 6.07 Å². The van der Waals surface area contributed by atoms with Gasteiger partial charge in [0.25, 0.3) is 0 Å². The molecule has 100 valence electrons. The molecular formula is C14H10F2N4. The molecule has 0 fully saturated rings. The average molecular weight is 272 g/mol. The van der Waals surface area contributed by atoms with Crippen LogP contribution in [0.3, 0.4) is 0 Å². The molecule has 2 aromatic heterocycles. The van der Waals surface area contributed by atoms with Gasteiger partial charge < -0.3 is 11.5 Å². The van der Waals surface area contributed by atoms with Crippen molar-refractivity contribution in [2.45, 2.75) is 0 Å². The Kier molecular flexibility index (Phi) is 2.71. The molecule has 0 unspecified atom stereocenters. The Balaban J connectivity index is 2.41. The van der Waals surface area contributed by atoms with Crippen LogP contribution in [0.15, 0.2) is 36.5 Å². The summed E-state index contributed by atoms with van der Waals surface area (Å²) in [5.41, 5.74) is 11.9. The fourth-order valence-electron chi connectivity index (χ4n) is 2.13. The van der Waals surface area contributed by atoms with E-state index < -0.39 is 11.6 Å². The zero-order chi connectivity index (χ0) is 14.3. The van der Waals surface area contributed by atoms with Crippen molar-refractivity contribution < 1.29 is 8.78 Å². The van der Waals surface area contributed by atoms with Gasteiger partial charge in [-0.3, -0.25) is 4.98 Å². The maximum atomic E-state index is 14.2. The lowest BCUT2D eigenvalue weighted by Gasteiger charge is -2.10. The number of fused-ring (bicyclic) bond motifs is 1. The topological polar surface area (TPSA) is 77.8 Å². The summed E-state index contributed by atoms with van der Waals surface area (Å²) in [6, 6.07) is 6.97. The quantitative estimate of drug-likeness (QED) is 0.714. The lowest BCUT2D eigenvalue weighted by molar-refractivity contribution is 0.594. The third-order valence-electron chi connectivity index (χ3n) is 3.01. The van der Waals surface area contributed by atoms with E-state index in [4.69, 9.17) is 11.5 Å². The van der Waals surface area contributed by atoms with Gasteiger partial charge in [-0.1, -0.05) is 0 Å². The number of aromatic nitrogens is 2. The smallest absolute Gasteiger partial charge is 0.136 e. The van der Waals surface area contributed by atoms with E-state index in [1.54, 1.807) is 12.1 Å². The first-order valence-electron chi connectivity index (χ1n) is 5.83. The van der Waals surface area contributed by atoms with E-state index in [1.165, 1.54) is 18.3 Å². The van der Waals surface area contributed by atoms with Crippen molar-refractivity contribution in [3.05, 3.63) is 48.2 Å². The van der Waals surface area contributed by atoms with Gasteiger partial charge in [-0.05, 0) is 24.3 Å². The third kappa shape index (κ3) is 1.82. The summed E-state index contributed by atoms with van der Waals surface area (Å²) in [4.78, 5) is 7.94. The van der Waals surface area contributed by atoms with Gasteiger partial charge in [-0.25, -0.2) is 13.8 Å². The van der Waals surface area contributed by atoms with Gasteiger partial charge in [0.1, 0.15) is 23.3 Å². The highest BCUT2D eigenvalue weighted by molar-refractivity contribution is 5.96. The molecule has 3 aromatic rings. The van der Waals surface area contributed by atoms with Crippen LogP contribution in [0.2, 0.25) is 0 Å². The van der Waals surface area contributed by atoms with Crippen molar-refractivity contribution in [1.82, 2.24) is 9.97 Å². The Hall–Kier alpha value is -2.76. The maximum absolute atomic E-state index is 14.2. The molecule has 6 heteroatoms. The molecule has 0 aliphatic rings. The number of rotatable bonds is 1. The summed E-state index contributed by atoms with van der Waals surface area (Å²) in [5.74, 6) is -1.11. The molecule has 1 aromatic carbocycles. The van der Waals surface area contributed by atoms with Crippen LogP contribution in [0.4, 0.5) is 20.4 Å². The van der Waals surface area contributed by atoms with E-state index >= 15 is 0 Å². The van der Waals surface area contributed by atoms with E-state index in [0.29, 0.717) is 5.56 Å². The molecule has 0 aliphatic carbocycles. The Morgan fingerprint density at radius 3 is 2.55 bits per heavy atom. The molecule has 2 heterocycles. The fourth-order valence-corrected chi connectivity index (χ4v) is 2.13. The van der Waals surface area contributed by atoms with Gasteiger partial charge in [0, 0.05) is 28.8 Å². The number of pyridine rings is 2. The van der Waals surface area contributed by atoms with E-state index in [-0.39, 0.29) is 28.1 Å². The number of nitrogen functional groups attached to an aromatic ring is 2. The molecule has 0 saturated heterocycles. The normalized spacial score (nSPS) is 10.9. The van der Waals surface area contributed by atoms with Crippen LogP contribution in [0, 0.1) is 11.6 Å². The largest absolute Gasteiger partial charge is 0.384 e. The van der Waals surface area contributed by atoms with Gasteiger partial charge in [0.2, 0.25) is 0 Å². The highest BCUT2D eigenvalue weighted by atomic mass is 19.1. The minimum Gasteiger partial charge on any atom is -0.384 e. The number of anilines is 2. The van der Waals surface area contributed by atoms with Gasteiger partial charge in [-0.15, -0.1) is 0 Å². The van der Waals surface area contributed by atoms with Crippen LogP contribution in [-0.4, -0.2) is 9.97 Å². The Bertz CT molecular complexity index is 818. The van der Waals surface area contributed by atoms with E-state index in [2.05, 4.69) is 9.97 Å². The van der Waals surface area contributed by atoms with Crippen LogP contribution in [0.25, 0.3) is 22.0 Å². The standard InChI is InChI=1S/C14H10F2N4/c15-9-6-10(16)12(13-7(9)2-1-5-19-13)8-3-4-11(17)20-14(8)18/h1-6H,(H4,17,18,20). The molecule has 0 radical (unpaired) electrons. The molecule has 0 aliphatic heterocycles. The van der Waals surface area contributed by atoms with Gasteiger partial charge in [0.15, 0.2) is 0 Å². The van der Waals surface area contributed by atoms with Crippen LogP contribution >= 0.6 is 0 Å². The zero-order valence-corrected chi connectivity index (χ0v) is 10.3. The van der Waals surface area contributed by atoms with Crippen LogP contribution in [0.5, 0.6) is 0 Å². The minimum atomic E-state index is -0.744. The van der Waals surface area contributed by atoms with Crippen molar-refractivity contribution in [2.75, 3.05) is 11.5 Å². The van der Waals surface area contributed by atoms with Gasteiger partial charge in [-0.2, -0.15) is 0 Å². The van der Waals surface area contributed by atoms with Crippen LogP contribution in [-0.2, 0) is 0 Å². The van der Waals surface area contributed by atoms with Crippen molar-refractivity contribution in [3.8, 4) is 11.1 Å². The average Bonchev–Trinajstić information content (AvgIpc) is 2.41. The number of nitrogens with two attached hydrogens (primary N) is 2. The molecule has 0 saturated carbocycles. The van der Waals surface area contributed by atoms with Gasteiger partial charge in [0.05, 0.1) is 5.52 Å². The second kappa shape index (κ2) is 4.41. The highest BCUT2D eigenvalue weighted by Gasteiger charge is 2.17.